The Balaban J connectivity index is 1.40. The molecule has 0 atom stereocenters. The van der Waals surface area contributed by atoms with Gasteiger partial charge in [0.2, 0.25) is 0 Å². The van der Waals surface area contributed by atoms with Crippen molar-refractivity contribution in [3.8, 4) is 5.75 Å². The molecule has 3 amide bonds. The Morgan fingerprint density at radius 2 is 1.70 bits per heavy atom. The van der Waals surface area contributed by atoms with E-state index in [-0.39, 0.29) is 18.6 Å². The molecule has 2 aromatic carbocycles. The number of benzene rings is 2. The second kappa shape index (κ2) is 11.8. The standard InChI is InChI=1S/C25H30N4O4/c1-17-8-11-21(14-18(17)2)28-24(31)25(32)29-26-15-19-9-12-22(13-10-19)33-16-23(30)27-20-6-4-3-5-7-20/h8-15,20H,3-7,16H2,1-2H3,(H,27,30)(H,28,31)(H,29,32)/b26-15-. The number of hydrazone groups is 1. The third kappa shape index (κ3) is 7.75. The Kier molecular flexibility index (Phi) is 8.57. The molecule has 1 aliphatic rings. The van der Waals surface area contributed by atoms with E-state index < -0.39 is 11.8 Å². The van der Waals surface area contributed by atoms with Crippen LogP contribution >= 0.6 is 0 Å². The van der Waals surface area contributed by atoms with E-state index in [2.05, 4.69) is 21.2 Å². The van der Waals surface area contributed by atoms with Crippen molar-refractivity contribution >= 4 is 29.6 Å². The number of ether oxygens (including phenoxy) is 1. The van der Waals surface area contributed by atoms with Crippen LogP contribution in [0.4, 0.5) is 5.69 Å². The molecule has 3 rings (SSSR count). The van der Waals surface area contributed by atoms with Gasteiger partial charge in [0.1, 0.15) is 5.75 Å². The summed E-state index contributed by atoms with van der Waals surface area (Å²) in [5, 5.41) is 9.37. The molecule has 1 saturated carbocycles. The van der Waals surface area contributed by atoms with Crippen LogP contribution in [0.3, 0.4) is 0 Å². The molecule has 0 spiro atoms. The van der Waals surface area contributed by atoms with E-state index in [0.717, 1.165) is 36.8 Å². The van der Waals surface area contributed by atoms with Crippen LogP contribution in [0.15, 0.2) is 47.6 Å². The molecule has 0 bridgehead atoms. The highest BCUT2D eigenvalue weighted by molar-refractivity contribution is 6.39. The zero-order valence-corrected chi connectivity index (χ0v) is 19.0. The van der Waals surface area contributed by atoms with Gasteiger partial charge < -0.3 is 15.4 Å². The number of carbonyl (C=O) groups is 3. The number of amides is 3. The van der Waals surface area contributed by atoms with Gasteiger partial charge in [-0.3, -0.25) is 14.4 Å². The highest BCUT2D eigenvalue weighted by atomic mass is 16.5. The zero-order valence-electron chi connectivity index (χ0n) is 19.0. The fraction of sp³-hybridized carbons (Fsp3) is 0.360. The van der Waals surface area contributed by atoms with Gasteiger partial charge in [0.05, 0.1) is 6.21 Å². The number of hydrogen-bond donors (Lipinski definition) is 3. The van der Waals surface area contributed by atoms with Gasteiger partial charge in [0.15, 0.2) is 6.61 Å². The molecule has 33 heavy (non-hydrogen) atoms. The molecular formula is C25H30N4O4. The molecule has 8 heteroatoms. The van der Waals surface area contributed by atoms with Gasteiger partial charge in [-0.05, 0) is 79.8 Å². The SMILES string of the molecule is Cc1ccc(NC(=O)C(=O)N/N=C\c2ccc(OCC(=O)NC3CCCCC3)cc2)cc1C. The number of rotatable bonds is 7. The first-order valence-corrected chi connectivity index (χ1v) is 11.1. The number of hydrogen-bond acceptors (Lipinski definition) is 5. The summed E-state index contributed by atoms with van der Waals surface area (Å²) < 4.78 is 5.53. The maximum Gasteiger partial charge on any atom is 0.329 e. The predicted molar refractivity (Wildman–Crippen MR) is 127 cm³/mol. The lowest BCUT2D eigenvalue weighted by Crippen LogP contribution is -2.38. The molecular weight excluding hydrogens is 420 g/mol. The molecule has 0 saturated heterocycles. The smallest absolute Gasteiger partial charge is 0.329 e. The average Bonchev–Trinajstić information content (AvgIpc) is 2.81. The molecule has 0 aromatic heterocycles. The Labute approximate surface area is 193 Å². The maximum atomic E-state index is 12.0. The summed E-state index contributed by atoms with van der Waals surface area (Å²) in [6.07, 6.45) is 7.04. The van der Waals surface area contributed by atoms with Crippen molar-refractivity contribution in [3.63, 3.8) is 0 Å². The fourth-order valence-corrected chi connectivity index (χ4v) is 3.54. The predicted octanol–water partition coefficient (Wildman–Crippen LogP) is 3.22. The first kappa shape index (κ1) is 24.0. The van der Waals surface area contributed by atoms with Crippen LogP contribution in [-0.4, -0.2) is 36.6 Å². The molecule has 1 aliphatic carbocycles. The summed E-state index contributed by atoms with van der Waals surface area (Å²) in [6.45, 7) is 3.86. The van der Waals surface area contributed by atoms with Crippen molar-refractivity contribution in [3.05, 3.63) is 59.2 Å². The molecule has 0 aliphatic heterocycles. The minimum Gasteiger partial charge on any atom is -0.484 e. The number of nitrogens with zero attached hydrogens (tertiary/aromatic N) is 1. The summed E-state index contributed by atoms with van der Waals surface area (Å²) in [4.78, 5) is 36.0. The largest absolute Gasteiger partial charge is 0.484 e. The molecule has 3 N–H and O–H groups in total. The third-order valence-corrected chi connectivity index (χ3v) is 5.57. The van der Waals surface area contributed by atoms with Crippen molar-refractivity contribution in [2.24, 2.45) is 5.10 Å². The van der Waals surface area contributed by atoms with Crippen molar-refractivity contribution in [1.82, 2.24) is 10.7 Å². The third-order valence-electron chi connectivity index (χ3n) is 5.57. The lowest BCUT2D eigenvalue weighted by atomic mass is 9.95. The molecule has 0 heterocycles. The van der Waals surface area contributed by atoms with Crippen molar-refractivity contribution < 1.29 is 19.1 Å². The monoisotopic (exact) mass is 450 g/mol. The normalized spacial score (nSPS) is 14.0. The Hall–Kier alpha value is -3.68. The second-order valence-corrected chi connectivity index (χ2v) is 8.21. The van der Waals surface area contributed by atoms with Gasteiger partial charge in [-0.1, -0.05) is 25.3 Å². The number of anilines is 1. The highest BCUT2D eigenvalue weighted by Gasteiger charge is 2.16. The quantitative estimate of drug-likeness (QED) is 0.342. The van der Waals surface area contributed by atoms with E-state index in [9.17, 15) is 14.4 Å². The first-order valence-electron chi connectivity index (χ1n) is 11.1. The lowest BCUT2D eigenvalue weighted by molar-refractivity contribution is -0.136. The summed E-state index contributed by atoms with van der Waals surface area (Å²) in [7, 11) is 0. The highest BCUT2D eigenvalue weighted by Crippen LogP contribution is 2.17. The molecule has 2 aromatic rings. The minimum atomic E-state index is -0.867. The summed E-state index contributed by atoms with van der Waals surface area (Å²) >= 11 is 0. The topological polar surface area (TPSA) is 109 Å². The van der Waals surface area contributed by atoms with Gasteiger partial charge in [-0.2, -0.15) is 5.10 Å². The fourth-order valence-electron chi connectivity index (χ4n) is 3.54. The van der Waals surface area contributed by atoms with Crippen molar-refractivity contribution in [2.75, 3.05) is 11.9 Å². The molecule has 8 nitrogen and oxygen atoms in total. The number of carbonyl (C=O) groups excluding carboxylic acids is 3. The van der Waals surface area contributed by atoms with Crippen LogP contribution < -0.4 is 20.8 Å². The van der Waals surface area contributed by atoms with E-state index in [0.29, 0.717) is 17.0 Å². The second-order valence-electron chi connectivity index (χ2n) is 8.21. The average molecular weight is 451 g/mol. The molecule has 0 radical (unpaired) electrons. The van der Waals surface area contributed by atoms with Gasteiger partial charge in [0, 0.05) is 11.7 Å². The van der Waals surface area contributed by atoms with Gasteiger partial charge in [-0.25, -0.2) is 5.43 Å². The van der Waals surface area contributed by atoms with Crippen LogP contribution in [0.5, 0.6) is 5.75 Å². The first-order chi connectivity index (χ1) is 15.9. The van der Waals surface area contributed by atoms with E-state index in [1.54, 1.807) is 36.4 Å². The summed E-state index contributed by atoms with van der Waals surface area (Å²) in [6, 6.07) is 12.6. The van der Waals surface area contributed by atoms with Crippen LogP contribution in [-0.2, 0) is 14.4 Å². The van der Waals surface area contributed by atoms with Crippen molar-refractivity contribution in [2.45, 2.75) is 52.0 Å². The minimum absolute atomic E-state index is 0.0321. The van der Waals surface area contributed by atoms with Crippen LogP contribution in [0, 0.1) is 13.8 Å². The van der Waals surface area contributed by atoms with Gasteiger partial charge in [-0.15, -0.1) is 0 Å². The Bertz CT molecular complexity index is 1010. The summed E-state index contributed by atoms with van der Waals surface area (Å²) in [5.74, 6) is -1.23. The van der Waals surface area contributed by atoms with Crippen LogP contribution in [0.2, 0.25) is 0 Å². The lowest BCUT2D eigenvalue weighted by Gasteiger charge is -2.22. The number of nitrogens with one attached hydrogen (secondary N) is 3. The molecule has 1 fully saturated rings. The molecule has 174 valence electrons. The van der Waals surface area contributed by atoms with E-state index in [4.69, 9.17) is 4.74 Å². The Morgan fingerprint density at radius 1 is 0.970 bits per heavy atom. The summed E-state index contributed by atoms with van der Waals surface area (Å²) in [5.41, 5.74) is 5.56. The number of aryl methyl sites for hydroxylation is 2. The van der Waals surface area contributed by atoms with E-state index in [1.165, 1.54) is 12.6 Å². The van der Waals surface area contributed by atoms with Gasteiger partial charge >= 0.3 is 11.8 Å². The van der Waals surface area contributed by atoms with Gasteiger partial charge in [0.25, 0.3) is 5.91 Å². The van der Waals surface area contributed by atoms with E-state index >= 15 is 0 Å². The molecule has 0 unspecified atom stereocenters. The maximum absolute atomic E-state index is 12.0. The van der Waals surface area contributed by atoms with Crippen LogP contribution in [0.25, 0.3) is 0 Å². The van der Waals surface area contributed by atoms with Crippen molar-refractivity contribution in [1.29, 1.82) is 0 Å². The zero-order chi connectivity index (χ0) is 23.6. The Morgan fingerprint density at radius 3 is 2.39 bits per heavy atom. The van der Waals surface area contributed by atoms with E-state index in [1.807, 2.05) is 19.9 Å². The van der Waals surface area contributed by atoms with Crippen LogP contribution in [0.1, 0.15) is 48.8 Å².